The zero-order valence-electron chi connectivity index (χ0n) is 7.05. The van der Waals surface area contributed by atoms with Crippen LogP contribution in [0.5, 0.6) is 0 Å². The molecule has 1 rings (SSSR count). The molecule has 0 atom stereocenters. The number of aromatic nitrogens is 1. The highest BCUT2D eigenvalue weighted by Gasteiger charge is 2.10. The zero-order valence-corrected chi connectivity index (χ0v) is 8.62. The molecule has 1 aromatic rings. The molecule has 0 fully saturated rings. The van der Waals surface area contributed by atoms with Crippen molar-refractivity contribution in [2.75, 3.05) is 12.4 Å². The van der Waals surface area contributed by atoms with Crippen LogP contribution in [0, 0.1) is 6.92 Å². The molecule has 1 heterocycles. The maximum Gasteiger partial charge on any atom is 0.343 e. The van der Waals surface area contributed by atoms with Gasteiger partial charge in [0.15, 0.2) is 0 Å². The van der Waals surface area contributed by atoms with E-state index in [1.54, 1.807) is 6.92 Å². The molecule has 0 aliphatic rings. The van der Waals surface area contributed by atoms with E-state index in [0.717, 1.165) is 11.5 Å². The number of nitrogens with one attached hydrogen (secondary N) is 2. The van der Waals surface area contributed by atoms with E-state index < -0.39 is 6.03 Å². The average Bonchev–Trinajstić information content (AvgIpc) is 2.37. The van der Waals surface area contributed by atoms with Crippen LogP contribution in [0.3, 0.4) is 0 Å². The molecule has 1 aromatic heterocycles. The molecule has 0 aliphatic carbocycles. The maximum atomic E-state index is 10.9. The van der Waals surface area contributed by atoms with Crippen molar-refractivity contribution in [3.8, 4) is 0 Å². The first-order chi connectivity index (χ1) is 6.15. The molecule has 2 N–H and O–H groups in total. The molecule has 7 heteroatoms. The molecule has 0 saturated heterocycles. The Bertz CT molecular complexity index is 315. The minimum atomic E-state index is -0.479. The number of aryl methyl sites for hydroxylation is 1. The largest absolute Gasteiger partial charge is 0.343 e. The Morgan fingerprint density at radius 1 is 1.69 bits per heavy atom. The third-order valence-corrected chi connectivity index (χ3v) is 2.64. The smallest absolute Gasteiger partial charge is 0.295 e. The van der Waals surface area contributed by atoms with Gasteiger partial charge in [-0.15, -0.1) is 0 Å². The second kappa shape index (κ2) is 4.40. The van der Waals surface area contributed by atoms with Crippen LogP contribution >= 0.6 is 23.1 Å². The van der Waals surface area contributed by atoms with Crippen molar-refractivity contribution in [1.29, 1.82) is 0 Å². The van der Waals surface area contributed by atoms with Gasteiger partial charge in [0.2, 0.25) is 0 Å². The normalized spacial score (nSPS) is 9.77. The number of carbonyl (C=O) groups excluding carboxylic acids is 1. The van der Waals surface area contributed by atoms with Crippen molar-refractivity contribution >= 4 is 34.2 Å². The molecule has 0 spiro atoms. The van der Waals surface area contributed by atoms with E-state index in [1.807, 2.05) is 0 Å². The van der Waals surface area contributed by atoms with Crippen molar-refractivity contribution in [1.82, 2.24) is 9.85 Å². The van der Waals surface area contributed by atoms with Gasteiger partial charge in [-0.1, -0.05) is 11.6 Å². The van der Waals surface area contributed by atoms with Crippen LogP contribution in [0.2, 0.25) is 5.02 Å². The second-order valence-corrected chi connectivity index (χ2v) is 3.32. The predicted molar refractivity (Wildman–Crippen MR) is 51.0 cm³/mol. The van der Waals surface area contributed by atoms with E-state index >= 15 is 0 Å². The molecule has 13 heavy (non-hydrogen) atoms. The van der Waals surface area contributed by atoms with E-state index in [1.165, 1.54) is 7.11 Å². The van der Waals surface area contributed by atoms with E-state index in [2.05, 4.69) is 20.0 Å². The van der Waals surface area contributed by atoms with E-state index in [-0.39, 0.29) is 0 Å². The molecular formula is C6H8ClN3O2S. The summed E-state index contributed by atoms with van der Waals surface area (Å²) in [6.45, 7) is 1.76. The Balaban J connectivity index is 2.64. The highest BCUT2D eigenvalue weighted by Crippen LogP contribution is 2.29. The molecule has 0 aliphatic heterocycles. The second-order valence-electron chi connectivity index (χ2n) is 2.17. The molecule has 2 amide bonds. The molecule has 5 nitrogen and oxygen atoms in total. The Hall–Kier alpha value is -0.850. The van der Waals surface area contributed by atoms with E-state index in [9.17, 15) is 4.79 Å². The van der Waals surface area contributed by atoms with Gasteiger partial charge in [-0.3, -0.25) is 10.2 Å². The molecular weight excluding hydrogens is 214 g/mol. The van der Waals surface area contributed by atoms with Crippen LogP contribution in [0.1, 0.15) is 5.69 Å². The van der Waals surface area contributed by atoms with Gasteiger partial charge in [0, 0.05) is 0 Å². The number of hydrogen-bond acceptors (Lipinski definition) is 4. The number of rotatable bonds is 2. The average molecular weight is 222 g/mol. The number of hydrogen-bond donors (Lipinski definition) is 2. The van der Waals surface area contributed by atoms with Gasteiger partial charge in [-0.2, -0.15) is 4.37 Å². The van der Waals surface area contributed by atoms with Gasteiger partial charge in [-0.25, -0.2) is 10.3 Å². The topological polar surface area (TPSA) is 63.2 Å². The fourth-order valence-electron chi connectivity index (χ4n) is 0.658. The van der Waals surface area contributed by atoms with Gasteiger partial charge >= 0.3 is 6.03 Å². The summed E-state index contributed by atoms with van der Waals surface area (Å²) in [5, 5.41) is 3.44. The van der Waals surface area contributed by atoms with E-state index in [4.69, 9.17) is 11.6 Å². The number of halogens is 1. The number of anilines is 1. The summed E-state index contributed by atoms with van der Waals surface area (Å²) in [5.41, 5.74) is 2.79. The van der Waals surface area contributed by atoms with Crippen LogP contribution in [-0.2, 0) is 4.84 Å². The lowest BCUT2D eigenvalue weighted by molar-refractivity contribution is 0.114. The summed E-state index contributed by atoms with van der Waals surface area (Å²) in [6, 6.07) is -0.479. The zero-order chi connectivity index (χ0) is 9.84. The number of hydroxylamine groups is 1. The monoisotopic (exact) mass is 221 g/mol. The van der Waals surface area contributed by atoms with Crippen molar-refractivity contribution in [2.24, 2.45) is 0 Å². The Labute approximate surface area is 84.2 Å². The fraction of sp³-hybridized carbons (Fsp3) is 0.333. The van der Waals surface area contributed by atoms with E-state index in [0.29, 0.717) is 15.7 Å². The minimum absolute atomic E-state index is 0.455. The molecule has 0 radical (unpaired) electrons. The lowest BCUT2D eigenvalue weighted by atomic mass is 10.5. The third kappa shape index (κ3) is 2.55. The van der Waals surface area contributed by atoms with Crippen molar-refractivity contribution < 1.29 is 9.63 Å². The maximum absolute atomic E-state index is 10.9. The molecule has 0 saturated carbocycles. The highest BCUT2D eigenvalue weighted by atomic mass is 35.5. The summed E-state index contributed by atoms with van der Waals surface area (Å²) in [6.07, 6.45) is 0. The quantitative estimate of drug-likeness (QED) is 0.749. The molecule has 72 valence electrons. The molecule has 0 bridgehead atoms. The Morgan fingerprint density at radius 2 is 2.38 bits per heavy atom. The van der Waals surface area contributed by atoms with Crippen LogP contribution < -0.4 is 10.8 Å². The summed E-state index contributed by atoms with van der Waals surface area (Å²) >= 11 is 6.94. The number of urea groups is 1. The highest BCUT2D eigenvalue weighted by molar-refractivity contribution is 7.11. The molecule has 0 aromatic carbocycles. The van der Waals surface area contributed by atoms with Gasteiger partial charge in [0.05, 0.1) is 17.8 Å². The Kier molecular flexibility index (Phi) is 3.47. The van der Waals surface area contributed by atoms with Crippen molar-refractivity contribution in [2.45, 2.75) is 6.92 Å². The lowest BCUT2D eigenvalue weighted by Crippen LogP contribution is -2.27. The molecule has 0 unspecified atom stereocenters. The standard InChI is InChI=1S/C6H8ClN3O2S/c1-3-4(7)5(13-10-3)8-6(11)9-12-2/h1-2H3,(H2,8,9,11). The van der Waals surface area contributed by atoms with Crippen LogP contribution in [-0.4, -0.2) is 17.5 Å². The van der Waals surface area contributed by atoms with Crippen LogP contribution in [0.4, 0.5) is 9.80 Å². The summed E-state index contributed by atoms with van der Waals surface area (Å²) in [5.74, 6) is 0. The van der Waals surface area contributed by atoms with Crippen molar-refractivity contribution in [3.05, 3.63) is 10.7 Å². The SMILES string of the molecule is CONC(=O)Nc1snc(C)c1Cl. The summed E-state index contributed by atoms with van der Waals surface area (Å²) in [4.78, 5) is 15.3. The van der Waals surface area contributed by atoms with Gasteiger partial charge in [0.1, 0.15) is 5.00 Å². The first kappa shape index (κ1) is 10.2. The number of carbonyl (C=O) groups is 1. The van der Waals surface area contributed by atoms with Crippen LogP contribution in [0.25, 0.3) is 0 Å². The number of amides is 2. The van der Waals surface area contributed by atoms with Gasteiger partial charge in [0.25, 0.3) is 0 Å². The Morgan fingerprint density at radius 3 is 2.85 bits per heavy atom. The van der Waals surface area contributed by atoms with Crippen molar-refractivity contribution in [3.63, 3.8) is 0 Å². The summed E-state index contributed by atoms with van der Waals surface area (Å²) < 4.78 is 3.96. The minimum Gasteiger partial charge on any atom is -0.295 e. The summed E-state index contributed by atoms with van der Waals surface area (Å²) in [7, 11) is 1.35. The lowest BCUT2D eigenvalue weighted by Gasteiger charge is -2.02. The fourth-order valence-corrected chi connectivity index (χ4v) is 1.59. The van der Waals surface area contributed by atoms with Crippen LogP contribution in [0.15, 0.2) is 0 Å². The van der Waals surface area contributed by atoms with Gasteiger partial charge in [-0.05, 0) is 18.5 Å². The predicted octanol–water partition coefficient (Wildman–Crippen LogP) is 1.79. The third-order valence-electron chi connectivity index (χ3n) is 1.21. The first-order valence-electron chi connectivity index (χ1n) is 3.37. The number of nitrogens with zero attached hydrogens (tertiary/aromatic N) is 1. The first-order valence-corrected chi connectivity index (χ1v) is 4.52. The van der Waals surface area contributed by atoms with Gasteiger partial charge < -0.3 is 0 Å².